The number of nitrogen functional groups attached to an aromatic ring is 1. The molecule has 2 atom stereocenters. The van der Waals surface area contributed by atoms with Crippen molar-refractivity contribution in [3.05, 3.63) is 52.6 Å². The number of aromatic hydroxyl groups is 1. The topological polar surface area (TPSA) is 178 Å². The highest BCUT2D eigenvalue weighted by Crippen LogP contribution is 2.31. The second kappa shape index (κ2) is 11.4. The first-order valence-corrected chi connectivity index (χ1v) is 11.2. The lowest BCUT2D eigenvalue weighted by Crippen LogP contribution is -2.41. The van der Waals surface area contributed by atoms with Crippen LogP contribution < -0.4 is 27.0 Å². The number of benzene rings is 2. The van der Waals surface area contributed by atoms with E-state index in [4.69, 9.17) is 5.73 Å². The largest absolute Gasteiger partial charge is 0.507 e. The van der Waals surface area contributed by atoms with Crippen LogP contribution in [-0.2, 0) is 9.59 Å². The minimum absolute atomic E-state index is 0.0167. The van der Waals surface area contributed by atoms with E-state index in [9.17, 15) is 29.0 Å². The Balaban J connectivity index is 1.66. The van der Waals surface area contributed by atoms with Crippen molar-refractivity contribution in [2.24, 2.45) is 4.99 Å². The highest BCUT2D eigenvalue weighted by molar-refractivity contribution is 6.00. The Bertz CT molecular complexity index is 1200. The smallest absolute Gasteiger partial charge is 0.305 e. The number of aliphatic carboxylic acids is 1. The van der Waals surface area contributed by atoms with Gasteiger partial charge in [0.05, 0.1) is 32.1 Å². The van der Waals surface area contributed by atoms with Gasteiger partial charge in [-0.3, -0.25) is 14.4 Å². The molecular formula is C24H29FN6O5. The van der Waals surface area contributed by atoms with Gasteiger partial charge in [0, 0.05) is 22.5 Å². The number of rotatable bonds is 8. The Morgan fingerprint density at radius 2 is 1.97 bits per heavy atom. The van der Waals surface area contributed by atoms with Crippen LogP contribution in [0.25, 0.3) is 0 Å². The summed E-state index contributed by atoms with van der Waals surface area (Å²) in [6.07, 6.45) is -1.53. The van der Waals surface area contributed by atoms with Gasteiger partial charge in [-0.2, -0.15) is 0 Å². The van der Waals surface area contributed by atoms with Gasteiger partial charge in [-0.05, 0) is 37.6 Å². The second-order valence-corrected chi connectivity index (χ2v) is 8.56. The molecule has 1 aliphatic heterocycles. The van der Waals surface area contributed by atoms with Crippen LogP contribution in [0.2, 0.25) is 0 Å². The molecule has 0 aromatic heterocycles. The van der Waals surface area contributed by atoms with Crippen molar-refractivity contribution < 1.29 is 29.0 Å². The molecule has 2 aromatic rings. The normalized spacial score (nSPS) is 15.8. The van der Waals surface area contributed by atoms with Crippen molar-refractivity contribution in [3.63, 3.8) is 0 Å². The highest BCUT2D eigenvalue weighted by Gasteiger charge is 2.23. The summed E-state index contributed by atoms with van der Waals surface area (Å²) in [6, 6.07) is 6.84. The van der Waals surface area contributed by atoms with Crippen molar-refractivity contribution in [2.75, 3.05) is 30.7 Å². The summed E-state index contributed by atoms with van der Waals surface area (Å²) in [5.41, 5.74) is 8.41. The molecule has 0 radical (unpaired) electrons. The number of nitrogens with zero attached hydrogens (tertiary/aromatic N) is 1. The van der Waals surface area contributed by atoms with Crippen LogP contribution in [0.1, 0.15) is 39.5 Å². The average molecular weight is 501 g/mol. The summed E-state index contributed by atoms with van der Waals surface area (Å²) in [6.45, 7) is 3.15. The number of carbonyl (C=O) groups is 3. The number of phenolic OH excluding ortho intramolecular Hbond substituents is 1. The fourth-order valence-electron chi connectivity index (χ4n) is 3.77. The zero-order valence-corrected chi connectivity index (χ0v) is 19.9. The number of carboxylic acid groups (broad SMARTS) is 1. The average Bonchev–Trinajstić information content (AvgIpc) is 2.80. The number of hydrogen-bond acceptors (Lipinski definition) is 8. The van der Waals surface area contributed by atoms with Gasteiger partial charge in [0.15, 0.2) is 5.96 Å². The zero-order valence-electron chi connectivity index (χ0n) is 19.9. The maximum absolute atomic E-state index is 13.2. The minimum Gasteiger partial charge on any atom is -0.507 e. The van der Waals surface area contributed by atoms with Gasteiger partial charge in [0.25, 0.3) is 5.91 Å². The van der Waals surface area contributed by atoms with E-state index in [1.165, 1.54) is 12.1 Å². The molecule has 1 aliphatic rings. The molecule has 0 bridgehead atoms. The van der Waals surface area contributed by atoms with Crippen LogP contribution in [0.5, 0.6) is 5.75 Å². The number of nitrogens with two attached hydrogens (primary N) is 1. The first kappa shape index (κ1) is 26.3. The molecule has 1 heterocycles. The summed E-state index contributed by atoms with van der Waals surface area (Å²) < 4.78 is 13.2. The van der Waals surface area contributed by atoms with Gasteiger partial charge in [-0.15, -0.1) is 0 Å². The molecule has 3 rings (SSSR count). The molecule has 12 heteroatoms. The fraction of sp³-hybridized carbons (Fsp3) is 0.333. The molecule has 2 unspecified atom stereocenters. The molecule has 0 saturated heterocycles. The zero-order chi connectivity index (χ0) is 26.4. The van der Waals surface area contributed by atoms with E-state index in [0.717, 1.165) is 5.56 Å². The number of amides is 2. The maximum atomic E-state index is 13.2. The molecular weight excluding hydrogens is 471 g/mol. The predicted octanol–water partition coefficient (Wildman–Crippen LogP) is 1.36. The van der Waals surface area contributed by atoms with Gasteiger partial charge in [-0.1, -0.05) is 17.7 Å². The van der Waals surface area contributed by atoms with Crippen LogP contribution in [0.4, 0.5) is 15.8 Å². The monoisotopic (exact) mass is 500 g/mol. The van der Waals surface area contributed by atoms with Crippen molar-refractivity contribution in [1.29, 1.82) is 0 Å². The number of aryl methyl sites for hydroxylation is 2. The van der Waals surface area contributed by atoms with Crippen molar-refractivity contribution in [2.45, 2.75) is 32.5 Å². The number of phenols is 1. The van der Waals surface area contributed by atoms with Crippen LogP contribution in [0, 0.1) is 13.8 Å². The van der Waals surface area contributed by atoms with E-state index in [0.29, 0.717) is 17.2 Å². The van der Waals surface area contributed by atoms with Gasteiger partial charge >= 0.3 is 5.97 Å². The molecule has 192 valence electrons. The van der Waals surface area contributed by atoms with E-state index in [1.54, 1.807) is 32.0 Å². The van der Waals surface area contributed by atoms with Crippen molar-refractivity contribution in [1.82, 2.24) is 16.0 Å². The highest BCUT2D eigenvalue weighted by atomic mass is 19.1. The number of nitrogens with one attached hydrogen (secondary N) is 4. The number of hydrogen-bond donors (Lipinski definition) is 7. The van der Waals surface area contributed by atoms with Crippen LogP contribution in [0.3, 0.4) is 0 Å². The lowest BCUT2D eigenvalue weighted by Gasteiger charge is -2.20. The van der Waals surface area contributed by atoms with Crippen molar-refractivity contribution in [3.8, 4) is 5.75 Å². The number of guanidine groups is 1. The first-order chi connectivity index (χ1) is 17.0. The second-order valence-electron chi connectivity index (χ2n) is 8.56. The molecule has 36 heavy (non-hydrogen) atoms. The molecule has 2 amide bonds. The number of aliphatic imine (C=N–C) groups is 1. The van der Waals surface area contributed by atoms with Crippen LogP contribution in [-0.4, -0.2) is 59.8 Å². The standard InChI is InChI=1S/C24H29FN6O5/c1-12-3-13(2)22(35)18(4-12)19(8-21(33)34)31-20(32)11-27-23(36)14-5-16(26)7-17(6-14)30-24-28-9-15(25)10-29-24/h3-7,15,19,35H,8-11,26H2,1-2H3,(H,27,36)(H,31,32)(H,33,34)(H2,28,29,30). The lowest BCUT2D eigenvalue weighted by molar-refractivity contribution is -0.137. The van der Waals surface area contributed by atoms with E-state index in [1.807, 2.05) is 0 Å². The summed E-state index contributed by atoms with van der Waals surface area (Å²) in [4.78, 5) is 40.6. The first-order valence-electron chi connectivity index (χ1n) is 11.2. The van der Waals surface area contributed by atoms with E-state index < -0.39 is 43.0 Å². The number of anilines is 2. The number of carboxylic acids is 1. The maximum Gasteiger partial charge on any atom is 0.305 e. The molecule has 2 aromatic carbocycles. The Hall–Kier alpha value is -4.35. The van der Waals surface area contributed by atoms with Crippen LogP contribution >= 0.6 is 0 Å². The van der Waals surface area contributed by atoms with Crippen LogP contribution in [0.15, 0.2) is 35.3 Å². The van der Waals surface area contributed by atoms with E-state index in [-0.39, 0.29) is 35.7 Å². The Labute approximate surface area is 207 Å². The molecule has 0 saturated carbocycles. The summed E-state index contributed by atoms with van der Waals surface area (Å²) >= 11 is 0. The number of halogens is 1. The van der Waals surface area contributed by atoms with E-state index >= 15 is 0 Å². The lowest BCUT2D eigenvalue weighted by atomic mass is 9.97. The Morgan fingerprint density at radius 3 is 2.64 bits per heavy atom. The van der Waals surface area contributed by atoms with Gasteiger partial charge in [0.1, 0.15) is 11.9 Å². The summed E-state index contributed by atoms with van der Waals surface area (Å²) in [5, 5.41) is 30.4. The predicted molar refractivity (Wildman–Crippen MR) is 133 cm³/mol. The number of carbonyl (C=O) groups excluding carboxylic acids is 2. The quantitative estimate of drug-likeness (QED) is 0.266. The molecule has 0 fully saturated rings. The molecule has 0 spiro atoms. The third-order valence-electron chi connectivity index (χ3n) is 5.39. The van der Waals surface area contributed by atoms with Gasteiger partial charge < -0.3 is 37.2 Å². The molecule has 8 N–H and O–H groups in total. The Morgan fingerprint density at radius 1 is 1.22 bits per heavy atom. The van der Waals surface area contributed by atoms with E-state index in [2.05, 4.69) is 26.3 Å². The Kier molecular flexibility index (Phi) is 8.30. The molecule has 11 nitrogen and oxygen atoms in total. The van der Waals surface area contributed by atoms with Gasteiger partial charge in [-0.25, -0.2) is 9.38 Å². The third-order valence-corrected chi connectivity index (χ3v) is 5.39. The SMILES string of the molecule is Cc1cc(C)c(O)c(C(CC(=O)O)NC(=O)CNC(=O)c2cc(N)cc(NC3=NCC(F)CN3)c2)c1. The van der Waals surface area contributed by atoms with Gasteiger partial charge in [0.2, 0.25) is 5.91 Å². The van der Waals surface area contributed by atoms with Crippen molar-refractivity contribution >= 4 is 35.1 Å². The number of alkyl halides is 1. The summed E-state index contributed by atoms with van der Waals surface area (Å²) in [5.74, 6) is -2.15. The fourth-order valence-corrected chi connectivity index (χ4v) is 3.77. The minimum atomic E-state index is -1.17. The summed E-state index contributed by atoms with van der Waals surface area (Å²) in [7, 11) is 0. The molecule has 0 aliphatic carbocycles. The third kappa shape index (κ3) is 7.08.